The highest BCUT2D eigenvalue weighted by Crippen LogP contribution is 2.39. The van der Waals surface area contributed by atoms with Gasteiger partial charge in [-0.2, -0.15) is 0 Å². The summed E-state index contributed by atoms with van der Waals surface area (Å²) in [6, 6.07) is 0. The zero-order chi connectivity index (χ0) is 13.7. The van der Waals surface area contributed by atoms with Crippen LogP contribution >= 0.6 is 54.2 Å². The average Bonchev–Trinajstić information content (AvgIpc) is 2.13. The van der Waals surface area contributed by atoms with Crippen molar-refractivity contribution in [2.24, 2.45) is 0 Å². The maximum atomic E-state index is 10.7. The van der Waals surface area contributed by atoms with E-state index < -0.39 is 24.2 Å². The van der Waals surface area contributed by atoms with Crippen molar-refractivity contribution < 1.29 is 18.9 Å². The number of hydrogen-bond acceptors (Lipinski definition) is 4. The second kappa shape index (κ2) is 7.76. The first kappa shape index (κ1) is 18.3. The minimum atomic E-state index is -5.12. The zero-order valence-corrected chi connectivity index (χ0v) is 13.0. The lowest BCUT2D eigenvalue weighted by atomic mass is 9.95. The van der Waals surface area contributed by atoms with Crippen LogP contribution in [0.2, 0.25) is 0 Å². The fraction of sp³-hybridized carbons (Fsp3) is 1.00. The molecule has 0 bridgehead atoms. The van der Waals surface area contributed by atoms with E-state index >= 15 is 0 Å². The monoisotopic (exact) mass is 344 g/mol. The van der Waals surface area contributed by atoms with Crippen LogP contribution in [0.3, 0.4) is 0 Å². The van der Waals surface area contributed by atoms with Crippen molar-refractivity contribution in [3.8, 4) is 0 Å². The predicted octanol–water partition coefficient (Wildman–Crippen LogP) is 2.06. The SMILES string of the molecule is CC(CC(Cl)CCl)(CC(Cl)CCl)OP(=O)([O-])[O-]. The molecule has 2 unspecified atom stereocenters. The molecule has 0 heterocycles. The predicted molar refractivity (Wildman–Crippen MR) is 67.1 cm³/mol. The van der Waals surface area contributed by atoms with E-state index in [0.717, 1.165) is 0 Å². The molecule has 0 fully saturated rings. The van der Waals surface area contributed by atoms with Crippen molar-refractivity contribution in [2.45, 2.75) is 36.1 Å². The smallest absolute Gasteiger partial charge is 0.0735 e. The van der Waals surface area contributed by atoms with Gasteiger partial charge >= 0.3 is 0 Å². The molecular formula is C8H13Cl4O4P-2. The van der Waals surface area contributed by atoms with Gasteiger partial charge in [0.05, 0.1) is 13.4 Å². The van der Waals surface area contributed by atoms with Crippen LogP contribution < -0.4 is 9.79 Å². The topological polar surface area (TPSA) is 72.4 Å². The van der Waals surface area contributed by atoms with Crippen molar-refractivity contribution in [2.75, 3.05) is 11.8 Å². The molecule has 0 aromatic carbocycles. The molecule has 0 aliphatic heterocycles. The van der Waals surface area contributed by atoms with E-state index in [4.69, 9.17) is 46.4 Å². The number of phosphoric ester groups is 1. The van der Waals surface area contributed by atoms with E-state index in [-0.39, 0.29) is 24.6 Å². The minimum absolute atomic E-state index is 0.0899. The lowest BCUT2D eigenvalue weighted by Crippen LogP contribution is -2.38. The first-order valence-corrected chi connectivity index (χ1v) is 8.15. The molecule has 0 amide bonds. The summed E-state index contributed by atoms with van der Waals surface area (Å²) in [6.45, 7) is 1.44. The Hall–Kier alpha value is 1.27. The van der Waals surface area contributed by atoms with Gasteiger partial charge < -0.3 is 18.9 Å². The van der Waals surface area contributed by atoms with Crippen molar-refractivity contribution >= 4 is 54.2 Å². The lowest BCUT2D eigenvalue weighted by Gasteiger charge is -2.41. The third-order valence-electron chi connectivity index (χ3n) is 1.97. The van der Waals surface area contributed by atoms with Gasteiger partial charge in [0.2, 0.25) is 0 Å². The van der Waals surface area contributed by atoms with E-state index in [1.807, 2.05) is 0 Å². The Labute approximate surface area is 121 Å². The number of phosphoric acid groups is 1. The van der Waals surface area contributed by atoms with Gasteiger partial charge in [-0.3, -0.25) is 0 Å². The van der Waals surface area contributed by atoms with Gasteiger partial charge in [-0.05, 0) is 19.8 Å². The summed E-state index contributed by atoms with van der Waals surface area (Å²) in [5.74, 6) is 0.215. The third kappa shape index (κ3) is 8.90. The van der Waals surface area contributed by atoms with Gasteiger partial charge in [0.25, 0.3) is 0 Å². The highest BCUT2D eigenvalue weighted by molar-refractivity contribution is 7.43. The maximum Gasteiger partial charge on any atom is 0.0735 e. The fourth-order valence-electron chi connectivity index (χ4n) is 1.47. The summed E-state index contributed by atoms with van der Waals surface area (Å²) in [5, 5.41) is -1.04. The van der Waals surface area contributed by atoms with Crippen LogP contribution in [0.1, 0.15) is 19.8 Å². The second-order valence-electron chi connectivity index (χ2n) is 3.90. The van der Waals surface area contributed by atoms with Gasteiger partial charge in [-0.15, -0.1) is 46.4 Å². The quantitative estimate of drug-likeness (QED) is 0.498. The summed E-state index contributed by atoms with van der Waals surface area (Å²) in [7, 11) is -5.12. The molecule has 0 aliphatic rings. The number of halogens is 4. The molecule has 104 valence electrons. The molecule has 0 saturated carbocycles. The standard InChI is InChI=1S/C8H15Cl4O4P/c1-8(2-6(11)4-9,3-7(12)5-10)16-17(13,14)15/h6-7H,2-5H2,1H3,(H2,13,14,15)/p-2. The molecule has 0 spiro atoms. The molecular weight excluding hydrogens is 333 g/mol. The van der Waals surface area contributed by atoms with Gasteiger partial charge in [0.15, 0.2) is 0 Å². The van der Waals surface area contributed by atoms with E-state index in [0.29, 0.717) is 0 Å². The summed E-state index contributed by atoms with van der Waals surface area (Å²) in [6.07, 6.45) is 0.180. The molecule has 0 rings (SSSR count). The van der Waals surface area contributed by atoms with Crippen LogP contribution in [0.4, 0.5) is 0 Å². The van der Waals surface area contributed by atoms with Gasteiger partial charge in [0, 0.05) is 22.5 Å². The molecule has 2 atom stereocenters. The Kier molecular flexibility index (Phi) is 8.34. The average molecular weight is 346 g/mol. The Morgan fingerprint density at radius 3 is 1.76 bits per heavy atom. The minimum Gasteiger partial charge on any atom is -0.790 e. The normalized spacial score (nSPS) is 19.7. The molecule has 0 aromatic rings. The summed E-state index contributed by atoms with van der Waals surface area (Å²) >= 11 is 22.7. The van der Waals surface area contributed by atoms with Crippen LogP contribution in [0, 0.1) is 0 Å². The van der Waals surface area contributed by atoms with E-state index in [2.05, 4.69) is 4.52 Å². The van der Waals surface area contributed by atoms with Crippen molar-refractivity contribution in [3.63, 3.8) is 0 Å². The number of alkyl halides is 4. The molecule has 17 heavy (non-hydrogen) atoms. The van der Waals surface area contributed by atoms with Crippen molar-refractivity contribution in [1.82, 2.24) is 0 Å². The summed E-state index contributed by atoms with van der Waals surface area (Å²) < 4.78 is 15.2. The lowest BCUT2D eigenvalue weighted by molar-refractivity contribution is -0.349. The van der Waals surface area contributed by atoms with E-state index in [1.54, 1.807) is 0 Å². The van der Waals surface area contributed by atoms with E-state index in [9.17, 15) is 14.4 Å². The molecule has 0 aromatic heterocycles. The summed E-state index contributed by atoms with van der Waals surface area (Å²) in [4.78, 5) is 21.4. The Bertz CT molecular complexity index is 260. The van der Waals surface area contributed by atoms with Crippen LogP contribution in [-0.2, 0) is 9.09 Å². The van der Waals surface area contributed by atoms with Crippen LogP contribution in [-0.4, -0.2) is 28.1 Å². The Morgan fingerprint density at radius 1 is 1.18 bits per heavy atom. The molecule has 0 N–H and O–H groups in total. The fourth-order valence-corrected chi connectivity index (χ4v) is 3.03. The molecule has 0 aliphatic carbocycles. The number of rotatable bonds is 8. The number of hydrogen-bond donors (Lipinski definition) is 0. The molecule has 4 nitrogen and oxygen atoms in total. The van der Waals surface area contributed by atoms with E-state index in [1.165, 1.54) is 6.92 Å². The third-order valence-corrected chi connectivity index (χ3v) is 4.32. The zero-order valence-electron chi connectivity index (χ0n) is 9.08. The van der Waals surface area contributed by atoms with Gasteiger partial charge in [-0.1, -0.05) is 0 Å². The molecule has 0 saturated heterocycles. The van der Waals surface area contributed by atoms with Crippen LogP contribution in [0.25, 0.3) is 0 Å². The Balaban J connectivity index is 4.73. The van der Waals surface area contributed by atoms with Gasteiger partial charge in [0.1, 0.15) is 0 Å². The highest BCUT2D eigenvalue weighted by Gasteiger charge is 2.32. The molecule has 0 radical (unpaired) electrons. The maximum absolute atomic E-state index is 10.7. The van der Waals surface area contributed by atoms with Crippen molar-refractivity contribution in [3.05, 3.63) is 0 Å². The van der Waals surface area contributed by atoms with Crippen molar-refractivity contribution in [1.29, 1.82) is 0 Å². The van der Waals surface area contributed by atoms with Gasteiger partial charge in [-0.25, -0.2) is 0 Å². The highest BCUT2D eigenvalue weighted by atomic mass is 35.5. The largest absolute Gasteiger partial charge is 0.790 e. The first-order valence-electron chi connectivity index (χ1n) is 4.75. The first-order chi connectivity index (χ1) is 7.62. The Morgan fingerprint density at radius 2 is 1.53 bits per heavy atom. The second-order valence-corrected chi connectivity index (χ2v) is 6.83. The van der Waals surface area contributed by atoms with Crippen LogP contribution in [0.15, 0.2) is 0 Å². The summed E-state index contributed by atoms with van der Waals surface area (Å²) in [5.41, 5.74) is -1.29. The van der Waals surface area contributed by atoms with Crippen LogP contribution in [0.5, 0.6) is 0 Å². The molecule has 9 heteroatoms.